The van der Waals surface area contributed by atoms with Crippen LogP contribution in [0.1, 0.15) is 59.4 Å². The number of aliphatic hydroxyl groups is 1. The Bertz CT molecular complexity index is 813. The summed E-state index contributed by atoms with van der Waals surface area (Å²) in [4.78, 5) is 26.2. The van der Waals surface area contributed by atoms with Gasteiger partial charge in [0.05, 0.1) is 5.69 Å². The van der Waals surface area contributed by atoms with Crippen LogP contribution in [0.4, 0.5) is 5.82 Å². The Morgan fingerprint density at radius 1 is 1.22 bits per heavy atom. The predicted octanol–water partition coefficient (Wildman–Crippen LogP) is 2.49. The smallest absolute Gasteiger partial charge is 0.289 e. The molecule has 0 unspecified atom stereocenters. The average Bonchev–Trinajstić information content (AvgIpc) is 3.39. The Hall–Kier alpha value is -2.41. The summed E-state index contributed by atoms with van der Waals surface area (Å²) in [6, 6.07) is 5.39. The summed E-state index contributed by atoms with van der Waals surface area (Å²) < 4.78 is 5.42. The van der Waals surface area contributed by atoms with Crippen LogP contribution in [0.25, 0.3) is 0 Å². The van der Waals surface area contributed by atoms with Gasteiger partial charge in [0, 0.05) is 38.2 Å². The summed E-state index contributed by atoms with van der Waals surface area (Å²) in [6.07, 6.45) is 4.37. The SMILES string of the molecule is Cc1nc([C@@H]2CCCN(C(=O)c3ccc(CO)o3)C2)cc(N2CCCC2)n1. The zero-order chi connectivity index (χ0) is 18.8. The van der Waals surface area contributed by atoms with Crippen LogP contribution in [0, 0.1) is 6.92 Å². The molecule has 0 aromatic carbocycles. The number of rotatable bonds is 4. The Balaban J connectivity index is 1.51. The minimum absolute atomic E-state index is 0.120. The molecule has 2 fully saturated rings. The zero-order valence-corrected chi connectivity index (χ0v) is 15.7. The molecule has 0 aliphatic carbocycles. The number of hydrogen-bond donors (Lipinski definition) is 1. The molecule has 27 heavy (non-hydrogen) atoms. The van der Waals surface area contributed by atoms with E-state index in [9.17, 15) is 4.79 Å². The second kappa shape index (κ2) is 7.68. The van der Waals surface area contributed by atoms with Crippen LogP contribution in [0.3, 0.4) is 0 Å². The number of nitrogens with zero attached hydrogens (tertiary/aromatic N) is 4. The molecule has 0 spiro atoms. The normalized spacial score (nSPS) is 20.3. The van der Waals surface area contributed by atoms with E-state index < -0.39 is 0 Å². The molecule has 1 amide bonds. The lowest BCUT2D eigenvalue weighted by Crippen LogP contribution is -2.39. The first-order chi connectivity index (χ1) is 13.1. The van der Waals surface area contributed by atoms with Crippen LogP contribution in [0.5, 0.6) is 0 Å². The third kappa shape index (κ3) is 3.83. The van der Waals surface area contributed by atoms with Crippen LogP contribution < -0.4 is 4.90 Å². The molecular formula is C20H26N4O3. The second-order valence-electron chi connectivity index (χ2n) is 7.41. The molecule has 144 valence electrons. The number of aryl methyl sites for hydroxylation is 1. The van der Waals surface area contributed by atoms with Gasteiger partial charge in [-0.2, -0.15) is 0 Å². The molecule has 4 heterocycles. The number of furan rings is 1. The molecule has 2 aliphatic rings. The standard InChI is InChI=1S/C20H26N4O3/c1-14-21-17(11-19(22-14)23-8-2-3-9-23)15-5-4-10-24(12-15)20(26)18-7-6-16(13-25)27-18/h6-7,11,15,25H,2-5,8-10,12-13H2,1H3/t15-/m1/s1. The number of anilines is 1. The molecule has 0 radical (unpaired) electrons. The lowest BCUT2D eigenvalue weighted by Gasteiger charge is -2.32. The van der Waals surface area contributed by atoms with E-state index in [0.717, 1.165) is 43.3 Å². The van der Waals surface area contributed by atoms with Crippen molar-refractivity contribution in [1.29, 1.82) is 0 Å². The largest absolute Gasteiger partial charge is 0.453 e. The van der Waals surface area contributed by atoms with Crippen molar-refractivity contribution in [2.45, 2.75) is 45.1 Å². The fourth-order valence-electron chi connectivity index (χ4n) is 4.03. The van der Waals surface area contributed by atoms with E-state index >= 15 is 0 Å². The highest BCUT2D eigenvalue weighted by atomic mass is 16.4. The molecule has 2 aromatic rings. The average molecular weight is 370 g/mol. The van der Waals surface area contributed by atoms with Gasteiger partial charge >= 0.3 is 0 Å². The lowest BCUT2D eigenvalue weighted by molar-refractivity contribution is 0.0669. The first kappa shape index (κ1) is 18.0. The fourth-order valence-corrected chi connectivity index (χ4v) is 4.03. The predicted molar refractivity (Wildman–Crippen MR) is 101 cm³/mol. The van der Waals surface area contributed by atoms with E-state index in [2.05, 4.69) is 20.9 Å². The minimum Gasteiger partial charge on any atom is -0.453 e. The highest BCUT2D eigenvalue weighted by molar-refractivity contribution is 5.91. The highest BCUT2D eigenvalue weighted by Gasteiger charge is 2.29. The number of piperidine rings is 1. The molecule has 0 bridgehead atoms. The molecule has 4 rings (SSSR count). The van der Waals surface area contributed by atoms with E-state index in [1.165, 1.54) is 12.8 Å². The number of aromatic nitrogens is 2. The van der Waals surface area contributed by atoms with Crippen molar-refractivity contribution in [2.75, 3.05) is 31.1 Å². The van der Waals surface area contributed by atoms with Crippen molar-refractivity contribution in [3.8, 4) is 0 Å². The van der Waals surface area contributed by atoms with E-state index in [0.29, 0.717) is 18.8 Å². The van der Waals surface area contributed by atoms with Crippen LogP contribution >= 0.6 is 0 Å². The summed E-state index contributed by atoms with van der Waals surface area (Å²) in [5, 5.41) is 9.14. The third-order valence-electron chi connectivity index (χ3n) is 5.43. The maximum absolute atomic E-state index is 12.8. The van der Waals surface area contributed by atoms with Gasteiger partial charge in [-0.3, -0.25) is 4.79 Å². The minimum atomic E-state index is -0.199. The maximum Gasteiger partial charge on any atom is 0.289 e. The zero-order valence-electron chi connectivity index (χ0n) is 15.7. The van der Waals surface area contributed by atoms with Gasteiger partial charge in [0.2, 0.25) is 0 Å². The summed E-state index contributed by atoms with van der Waals surface area (Å²) in [6.45, 7) is 5.19. The van der Waals surface area contributed by atoms with Gasteiger partial charge in [-0.25, -0.2) is 9.97 Å². The van der Waals surface area contributed by atoms with Crippen LogP contribution in [0.15, 0.2) is 22.6 Å². The summed E-state index contributed by atoms with van der Waals surface area (Å²) in [5.74, 6) is 2.58. The monoisotopic (exact) mass is 370 g/mol. The summed E-state index contributed by atoms with van der Waals surface area (Å²) >= 11 is 0. The number of likely N-dealkylation sites (tertiary alicyclic amines) is 1. The van der Waals surface area contributed by atoms with Crippen molar-refractivity contribution in [3.05, 3.63) is 41.2 Å². The number of carbonyl (C=O) groups is 1. The van der Waals surface area contributed by atoms with Gasteiger partial charge in [-0.05, 0) is 44.7 Å². The van der Waals surface area contributed by atoms with Crippen LogP contribution in [0.2, 0.25) is 0 Å². The molecule has 1 N–H and O–H groups in total. The second-order valence-corrected chi connectivity index (χ2v) is 7.41. The Morgan fingerprint density at radius 3 is 2.78 bits per heavy atom. The molecule has 2 saturated heterocycles. The molecule has 2 aliphatic heterocycles. The number of hydrogen-bond acceptors (Lipinski definition) is 6. The van der Waals surface area contributed by atoms with Gasteiger partial charge < -0.3 is 19.3 Å². The topological polar surface area (TPSA) is 82.7 Å². The van der Waals surface area contributed by atoms with E-state index in [1.54, 1.807) is 12.1 Å². The first-order valence-electron chi connectivity index (χ1n) is 9.73. The first-order valence-corrected chi connectivity index (χ1v) is 9.73. The molecule has 0 saturated carbocycles. The fraction of sp³-hybridized carbons (Fsp3) is 0.550. The lowest BCUT2D eigenvalue weighted by atomic mass is 9.94. The summed E-state index contributed by atoms with van der Waals surface area (Å²) in [7, 11) is 0. The van der Waals surface area contributed by atoms with Crippen molar-refractivity contribution in [2.24, 2.45) is 0 Å². The van der Waals surface area contributed by atoms with Crippen LogP contribution in [-0.4, -0.2) is 52.1 Å². The molecule has 1 atom stereocenters. The molecular weight excluding hydrogens is 344 g/mol. The molecule has 7 heteroatoms. The number of amides is 1. The Labute approximate surface area is 159 Å². The van der Waals surface area contributed by atoms with Gasteiger partial charge in [0.1, 0.15) is 24.0 Å². The van der Waals surface area contributed by atoms with Gasteiger partial charge in [0.25, 0.3) is 5.91 Å². The van der Waals surface area contributed by atoms with Gasteiger partial charge in [-0.1, -0.05) is 0 Å². The van der Waals surface area contributed by atoms with E-state index in [-0.39, 0.29) is 24.2 Å². The molecule has 2 aromatic heterocycles. The number of carbonyl (C=O) groups excluding carboxylic acids is 1. The quantitative estimate of drug-likeness (QED) is 0.890. The summed E-state index contributed by atoms with van der Waals surface area (Å²) in [5.41, 5.74) is 1.03. The number of aliphatic hydroxyl groups excluding tert-OH is 1. The molecule has 7 nitrogen and oxygen atoms in total. The van der Waals surface area contributed by atoms with Crippen molar-refractivity contribution < 1.29 is 14.3 Å². The third-order valence-corrected chi connectivity index (χ3v) is 5.43. The maximum atomic E-state index is 12.8. The highest BCUT2D eigenvalue weighted by Crippen LogP contribution is 2.29. The van der Waals surface area contributed by atoms with Crippen molar-refractivity contribution in [3.63, 3.8) is 0 Å². The Kier molecular flexibility index (Phi) is 5.11. The van der Waals surface area contributed by atoms with E-state index in [4.69, 9.17) is 9.52 Å². The van der Waals surface area contributed by atoms with Gasteiger partial charge in [-0.15, -0.1) is 0 Å². The van der Waals surface area contributed by atoms with Crippen molar-refractivity contribution in [1.82, 2.24) is 14.9 Å². The van der Waals surface area contributed by atoms with Crippen LogP contribution in [-0.2, 0) is 6.61 Å². The van der Waals surface area contributed by atoms with Crippen molar-refractivity contribution >= 4 is 11.7 Å². The van der Waals surface area contributed by atoms with E-state index in [1.807, 2.05) is 11.8 Å². The Morgan fingerprint density at radius 2 is 2.04 bits per heavy atom. The van der Waals surface area contributed by atoms with Gasteiger partial charge in [0.15, 0.2) is 5.76 Å².